The molecule has 12 aromatic carbocycles. The summed E-state index contributed by atoms with van der Waals surface area (Å²) in [5, 5.41) is 10.1. The Morgan fingerprint density at radius 2 is 0.662 bits per heavy atom. The van der Waals surface area contributed by atoms with E-state index in [4.69, 9.17) is 0 Å². The minimum Gasteiger partial charge on any atom is -0.310 e. The van der Waals surface area contributed by atoms with Crippen molar-refractivity contribution in [3.63, 3.8) is 0 Å². The van der Waals surface area contributed by atoms with Crippen LogP contribution < -0.4 is 4.90 Å². The highest BCUT2D eigenvalue weighted by atomic mass is 32.1. The Bertz CT molecular complexity index is 4930. The number of fused-ring (bicyclic) bond motifs is 12. The molecule has 0 saturated heterocycles. The number of thiophene rings is 2. The van der Waals surface area contributed by atoms with Gasteiger partial charge in [0.05, 0.1) is 22.1 Å². The second-order valence-electron chi connectivity index (χ2n) is 20.1. The lowest BCUT2D eigenvalue weighted by Gasteiger charge is -2.25. The summed E-state index contributed by atoms with van der Waals surface area (Å²) in [4.78, 5) is 2.36. The van der Waals surface area contributed by atoms with Gasteiger partial charge in [0.1, 0.15) is 0 Å². The molecule has 0 bridgehead atoms. The summed E-state index contributed by atoms with van der Waals surface area (Å²) in [6.07, 6.45) is 0. The molecule has 0 radical (unpaired) electrons. The van der Waals surface area contributed by atoms with Crippen molar-refractivity contribution in [2.75, 3.05) is 4.90 Å². The largest absolute Gasteiger partial charge is 0.310 e. The molecule has 5 heteroatoms. The van der Waals surface area contributed by atoms with Crippen molar-refractivity contribution < 1.29 is 0 Å². The first-order valence-corrected chi connectivity index (χ1v) is 27.9. The lowest BCUT2D eigenvalue weighted by Crippen LogP contribution is -2.09. The van der Waals surface area contributed by atoms with Gasteiger partial charge in [-0.1, -0.05) is 140 Å². The molecule has 3 nitrogen and oxygen atoms in total. The molecule has 0 atom stereocenters. The van der Waals surface area contributed by atoms with Crippen molar-refractivity contribution >= 4 is 124 Å². The number of hydrogen-bond acceptors (Lipinski definition) is 3. The van der Waals surface area contributed by atoms with Gasteiger partial charge < -0.3 is 14.0 Å². The van der Waals surface area contributed by atoms with Gasteiger partial charge in [-0.3, -0.25) is 0 Å². The Hall–Kier alpha value is -9.52. The van der Waals surface area contributed by atoms with Gasteiger partial charge in [0.2, 0.25) is 0 Å². The Labute approximate surface area is 452 Å². The van der Waals surface area contributed by atoms with Gasteiger partial charge >= 0.3 is 0 Å². The molecular weight excluding hydrogens is 971 g/mol. The van der Waals surface area contributed by atoms with Gasteiger partial charge in [0, 0.05) is 95.9 Å². The summed E-state index contributed by atoms with van der Waals surface area (Å²) in [5.74, 6) is 0. The average molecular weight is 1020 g/mol. The van der Waals surface area contributed by atoms with Crippen LogP contribution in [0.5, 0.6) is 0 Å². The van der Waals surface area contributed by atoms with Crippen LogP contribution in [0, 0.1) is 0 Å². The molecule has 0 fully saturated rings. The second-order valence-corrected chi connectivity index (χ2v) is 22.2. The monoisotopic (exact) mass is 1020 g/mol. The van der Waals surface area contributed by atoms with Gasteiger partial charge in [-0.05, 0) is 161 Å². The average Bonchev–Trinajstić information content (AvgIpc) is 4.32. The highest BCUT2D eigenvalue weighted by Gasteiger charge is 2.22. The number of rotatable bonds is 8. The van der Waals surface area contributed by atoms with Gasteiger partial charge in [-0.15, -0.1) is 22.7 Å². The highest BCUT2D eigenvalue weighted by Crippen LogP contribution is 2.47. The van der Waals surface area contributed by atoms with Crippen LogP contribution in [0.25, 0.3) is 129 Å². The third-order valence-electron chi connectivity index (χ3n) is 15.7. The van der Waals surface area contributed by atoms with Crippen molar-refractivity contribution in [2.45, 2.75) is 0 Å². The molecule has 0 amide bonds. The van der Waals surface area contributed by atoms with E-state index in [1.54, 1.807) is 0 Å². The molecule has 0 saturated carbocycles. The molecule has 0 aliphatic heterocycles. The Morgan fingerprint density at radius 3 is 1.27 bits per heavy atom. The molecule has 360 valence electrons. The van der Waals surface area contributed by atoms with Crippen molar-refractivity contribution in [3.8, 4) is 44.8 Å². The molecule has 4 aromatic heterocycles. The number of aromatic nitrogens is 2. The standard InChI is InChI=1S/C72H45N3S2/c1-5-17-51(18-6-1)73(52-19-7-2-8-20-52)55-33-38-71-63(45-55)62-41-49(32-37-70(62)77-71)59-42-50(43-64-57-26-14-16-28-66(57)75(72(59)64)54-23-11-4-12-24-54)47-31-36-69-61(40-47)60-39-46(30-35-68(60)76-69)48-29-34-58-56-25-13-15-27-65(56)74(67(58)44-48)53-21-9-3-10-22-53/h1-45H. The summed E-state index contributed by atoms with van der Waals surface area (Å²) in [7, 11) is 0. The van der Waals surface area contributed by atoms with E-state index < -0.39 is 0 Å². The van der Waals surface area contributed by atoms with E-state index in [2.05, 4.69) is 287 Å². The molecule has 0 aliphatic carbocycles. The van der Waals surface area contributed by atoms with Gasteiger partial charge in [0.25, 0.3) is 0 Å². The maximum Gasteiger partial charge on any atom is 0.0619 e. The Kier molecular flexibility index (Phi) is 9.99. The van der Waals surface area contributed by atoms with Crippen LogP contribution in [0.15, 0.2) is 273 Å². The predicted molar refractivity (Wildman–Crippen MR) is 332 cm³/mol. The molecule has 77 heavy (non-hydrogen) atoms. The molecule has 16 aromatic rings. The SMILES string of the molecule is c1ccc(N(c2ccccc2)c2ccc3sc4ccc(-c5cc(-c6ccc7sc8ccc(-c9ccc%10c%11ccccc%11n(-c%11ccccc%11)c%10c9)cc8c7c6)cc6c7ccccc7n(-c7ccccc7)c56)cc4c3c2)cc1. The molecule has 0 unspecified atom stereocenters. The number of anilines is 3. The topological polar surface area (TPSA) is 13.1 Å². The van der Waals surface area contributed by atoms with Crippen LogP contribution in [0.4, 0.5) is 17.1 Å². The number of para-hydroxylation sites is 6. The quantitative estimate of drug-likeness (QED) is 0.148. The fraction of sp³-hybridized carbons (Fsp3) is 0. The highest BCUT2D eigenvalue weighted by molar-refractivity contribution is 7.26. The van der Waals surface area contributed by atoms with Crippen molar-refractivity contribution in [1.29, 1.82) is 0 Å². The van der Waals surface area contributed by atoms with Crippen LogP contribution in [-0.4, -0.2) is 9.13 Å². The van der Waals surface area contributed by atoms with E-state index in [-0.39, 0.29) is 0 Å². The van der Waals surface area contributed by atoms with Crippen LogP contribution in [-0.2, 0) is 0 Å². The summed E-state index contributed by atoms with van der Waals surface area (Å²) in [6, 6.07) is 101. The van der Waals surface area contributed by atoms with E-state index in [1.165, 1.54) is 117 Å². The minimum absolute atomic E-state index is 1.13. The first-order valence-electron chi connectivity index (χ1n) is 26.2. The van der Waals surface area contributed by atoms with Crippen molar-refractivity contribution in [3.05, 3.63) is 273 Å². The minimum atomic E-state index is 1.13. The molecule has 4 heterocycles. The maximum atomic E-state index is 2.48. The van der Waals surface area contributed by atoms with Crippen molar-refractivity contribution in [2.24, 2.45) is 0 Å². The number of nitrogens with zero attached hydrogens (tertiary/aromatic N) is 3. The zero-order chi connectivity index (χ0) is 50.6. The maximum absolute atomic E-state index is 2.48. The molecular formula is C72H45N3S2. The molecule has 0 N–H and O–H groups in total. The van der Waals surface area contributed by atoms with Gasteiger partial charge in [-0.25, -0.2) is 0 Å². The third kappa shape index (κ3) is 7.09. The smallest absolute Gasteiger partial charge is 0.0619 e. The Morgan fingerprint density at radius 1 is 0.247 bits per heavy atom. The lowest BCUT2D eigenvalue weighted by atomic mass is 9.94. The van der Waals surface area contributed by atoms with Crippen LogP contribution in [0.1, 0.15) is 0 Å². The zero-order valence-corrected chi connectivity index (χ0v) is 43.3. The van der Waals surface area contributed by atoms with Crippen molar-refractivity contribution in [1.82, 2.24) is 9.13 Å². The normalized spacial score (nSPS) is 11.9. The van der Waals surface area contributed by atoms with E-state index in [9.17, 15) is 0 Å². The Balaban J connectivity index is 0.879. The second kappa shape index (κ2) is 17.5. The fourth-order valence-corrected chi connectivity index (χ4v) is 14.3. The number of hydrogen-bond donors (Lipinski definition) is 0. The van der Waals surface area contributed by atoms with Gasteiger partial charge in [0.15, 0.2) is 0 Å². The molecule has 16 rings (SSSR count). The van der Waals surface area contributed by atoms with Crippen LogP contribution in [0.2, 0.25) is 0 Å². The molecule has 0 aliphatic rings. The van der Waals surface area contributed by atoms with Crippen LogP contribution in [0.3, 0.4) is 0 Å². The van der Waals surface area contributed by atoms with E-state index in [1.807, 2.05) is 22.7 Å². The first-order chi connectivity index (χ1) is 38.2. The first kappa shape index (κ1) is 43.8. The number of benzene rings is 12. The van der Waals surface area contributed by atoms with E-state index >= 15 is 0 Å². The zero-order valence-electron chi connectivity index (χ0n) is 41.6. The van der Waals surface area contributed by atoms with Gasteiger partial charge in [-0.2, -0.15) is 0 Å². The molecule has 0 spiro atoms. The lowest BCUT2D eigenvalue weighted by molar-refractivity contribution is 1.18. The van der Waals surface area contributed by atoms with Crippen LogP contribution >= 0.6 is 22.7 Å². The summed E-state index contributed by atoms with van der Waals surface area (Å²) in [5.41, 5.74) is 17.7. The summed E-state index contributed by atoms with van der Waals surface area (Å²) < 4.78 is 10.0. The summed E-state index contributed by atoms with van der Waals surface area (Å²) in [6.45, 7) is 0. The van der Waals surface area contributed by atoms with E-state index in [0.717, 1.165) is 28.4 Å². The fourth-order valence-electron chi connectivity index (χ4n) is 12.1. The predicted octanol–water partition coefficient (Wildman–Crippen LogP) is 21.1. The third-order valence-corrected chi connectivity index (χ3v) is 18.0. The summed E-state index contributed by atoms with van der Waals surface area (Å²) >= 11 is 3.74. The van der Waals surface area contributed by atoms with E-state index in [0.29, 0.717) is 0 Å².